The van der Waals surface area contributed by atoms with Crippen LogP contribution in [0.25, 0.3) is 0 Å². The van der Waals surface area contributed by atoms with Crippen LogP contribution in [0.1, 0.15) is 66.2 Å². The summed E-state index contributed by atoms with van der Waals surface area (Å²) in [4.78, 5) is 0. The molecule has 0 bridgehead atoms. The van der Waals surface area contributed by atoms with E-state index in [1.807, 2.05) is 0 Å². The van der Waals surface area contributed by atoms with Gasteiger partial charge in [-0.25, -0.2) is 0 Å². The van der Waals surface area contributed by atoms with E-state index in [-0.39, 0.29) is 5.41 Å². The highest BCUT2D eigenvalue weighted by Gasteiger charge is 2.83. The normalized spacial score (nSPS) is 55.7. The zero-order chi connectivity index (χ0) is 11.8. The fourth-order valence-corrected chi connectivity index (χ4v) is 5.95. The SMILES string of the molecule is CC1CCC[C@]2(C)CCC3(C(C)(C)O)CC132. The molecule has 0 radical (unpaired) electrons. The monoisotopic (exact) mass is 222 g/mol. The zero-order valence-electron chi connectivity index (χ0n) is 11.3. The molecule has 1 spiro atoms. The van der Waals surface area contributed by atoms with Crippen LogP contribution in [0.5, 0.6) is 0 Å². The first kappa shape index (κ1) is 11.1. The van der Waals surface area contributed by atoms with Crippen molar-refractivity contribution < 1.29 is 5.11 Å². The second kappa shape index (κ2) is 2.68. The van der Waals surface area contributed by atoms with Crippen molar-refractivity contribution in [2.75, 3.05) is 0 Å². The third kappa shape index (κ3) is 0.903. The first-order valence-electron chi connectivity index (χ1n) is 7.02. The second-order valence-electron chi connectivity index (χ2n) is 7.64. The van der Waals surface area contributed by atoms with Crippen LogP contribution in [0.3, 0.4) is 0 Å². The molecule has 0 amide bonds. The van der Waals surface area contributed by atoms with Gasteiger partial charge in [0.15, 0.2) is 0 Å². The average Bonchev–Trinajstić information content (AvgIpc) is 2.78. The van der Waals surface area contributed by atoms with Gasteiger partial charge in [-0.3, -0.25) is 0 Å². The first-order valence-corrected chi connectivity index (χ1v) is 7.02. The third-order valence-electron chi connectivity index (χ3n) is 6.87. The van der Waals surface area contributed by atoms with Crippen LogP contribution in [-0.2, 0) is 0 Å². The van der Waals surface area contributed by atoms with Crippen molar-refractivity contribution in [3.8, 4) is 0 Å². The molecule has 16 heavy (non-hydrogen) atoms. The van der Waals surface area contributed by atoms with Crippen molar-refractivity contribution in [3.63, 3.8) is 0 Å². The van der Waals surface area contributed by atoms with E-state index in [9.17, 15) is 5.11 Å². The van der Waals surface area contributed by atoms with Gasteiger partial charge in [-0.2, -0.15) is 0 Å². The molecule has 1 N–H and O–H groups in total. The Kier molecular flexibility index (Phi) is 1.86. The smallest absolute Gasteiger partial charge is 0.0653 e. The molecule has 3 rings (SSSR count). The Morgan fingerprint density at radius 1 is 1.19 bits per heavy atom. The van der Waals surface area contributed by atoms with Crippen molar-refractivity contribution >= 4 is 0 Å². The molecule has 1 nitrogen and oxygen atoms in total. The van der Waals surface area contributed by atoms with E-state index < -0.39 is 5.60 Å². The van der Waals surface area contributed by atoms with Crippen LogP contribution in [0, 0.1) is 22.2 Å². The summed E-state index contributed by atoms with van der Waals surface area (Å²) in [5, 5.41) is 10.6. The van der Waals surface area contributed by atoms with Crippen molar-refractivity contribution in [2.45, 2.75) is 71.8 Å². The van der Waals surface area contributed by atoms with Crippen molar-refractivity contribution in [2.24, 2.45) is 22.2 Å². The highest BCUT2D eigenvalue weighted by Crippen LogP contribution is 2.88. The Morgan fingerprint density at radius 3 is 2.44 bits per heavy atom. The second-order valence-corrected chi connectivity index (χ2v) is 7.64. The van der Waals surface area contributed by atoms with Crippen molar-refractivity contribution in [1.82, 2.24) is 0 Å². The van der Waals surface area contributed by atoms with E-state index in [0.717, 1.165) is 5.92 Å². The van der Waals surface area contributed by atoms with E-state index in [2.05, 4.69) is 27.7 Å². The van der Waals surface area contributed by atoms with E-state index in [0.29, 0.717) is 10.8 Å². The highest BCUT2D eigenvalue weighted by molar-refractivity contribution is 5.31. The number of hydrogen-bond donors (Lipinski definition) is 1. The lowest BCUT2D eigenvalue weighted by molar-refractivity contribution is -0.0430. The highest BCUT2D eigenvalue weighted by atomic mass is 16.3. The van der Waals surface area contributed by atoms with Crippen LogP contribution < -0.4 is 0 Å². The molecule has 0 aromatic carbocycles. The summed E-state index contributed by atoms with van der Waals surface area (Å²) < 4.78 is 0. The Hall–Kier alpha value is -0.0400. The minimum Gasteiger partial charge on any atom is -0.390 e. The largest absolute Gasteiger partial charge is 0.390 e. The van der Waals surface area contributed by atoms with Crippen LogP contribution >= 0.6 is 0 Å². The predicted octanol–water partition coefficient (Wildman–Crippen LogP) is 3.75. The first-order chi connectivity index (χ1) is 7.29. The molecule has 3 aliphatic rings. The van der Waals surface area contributed by atoms with E-state index >= 15 is 0 Å². The maximum atomic E-state index is 10.6. The number of rotatable bonds is 1. The molecular formula is C15H26O. The van der Waals surface area contributed by atoms with Crippen molar-refractivity contribution in [1.29, 1.82) is 0 Å². The van der Waals surface area contributed by atoms with E-state index in [4.69, 9.17) is 0 Å². The minimum atomic E-state index is -0.476. The van der Waals surface area contributed by atoms with Gasteiger partial charge >= 0.3 is 0 Å². The fourth-order valence-electron chi connectivity index (χ4n) is 5.95. The summed E-state index contributed by atoms with van der Waals surface area (Å²) in [6.45, 7) is 9.04. The Morgan fingerprint density at radius 2 is 1.88 bits per heavy atom. The molecule has 1 heteroatoms. The molecule has 0 aromatic heterocycles. The predicted molar refractivity (Wildman–Crippen MR) is 66.1 cm³/mol. The van der Waals surface area contributed by atoms with Gasteiger partial charge in [-0.05, 0) is 56.3 Å². The molecule has 0 aromatic rings. The molecule has 3 saturated carbocycles. The minimum absolute atomic E-state index is 0.259. The lowest BCUT2D eigenvalue weighted by atomic mass is 9.59. The van der Waals surface area contributed by atoms with E-state index in [1.165, 1.54) is 38.5 Å². The van der Waals surface area contributed by atoms with E-state index in [1.54, 1.807) is 0 Å². The summed E-state index contributed by atoms with van der Waals surface area (Å²) in [5.41, 5.74) is 0.798. The van der Waals surface area contributed by atoms with Gasteiger partial charge in [0.2, 0.25) is 0 Å². The lowest BCUT2D eigenvalue weighted by Gasteiger charge is -2.46. The summed E-state index contributed by atoms with van der Waals surface area (Å²) in [7, 11) is 0. The van der Waals surface area contributed by atoms with Gasteiger partial charge in [0.1, 0.15) is 0 Å². The van der Waals surface area contributed by atoms with Crippen molar-refractivity contribution in [3.05, 3.63) is 0 Å². The Bertz CT molecular complexity index is 329. The van der Waals surface area contributed by atoms with Crippen LogP contribution in [0.2, 0.25) is 0 Å². The molecule has 0 saturated heterocycles. The topological polar surface area (TPSA) is 20.2 Å². The molecule has 0 aliphatic heterocycles. The summed E-state index contributed by atoms with van der Waals surface area (Å²) >= 11 is 0. The maximum absolute atomic E-state index is 10.6. The van der Waals surface area contributed by atoms with Crippen LogP contribution in [0.4, 0.5) is 0 Å². The average molecular weight is 222 g/mol. The van der Waals surface area contributed by atoms with Gasteiger partial charge < -0.3 is 5.11 Å². The molecule has 3 aliphatic carbocycles. The summed E-state index contributed by atoms with van der Waals surface area (Å²) in [6.07, 6.45) is 8.09. The standard InChI is InChI=1S/C15H26O/c1-11-6-5-7-13(4)8-9-14(12(2,3)16)10-15(11,13)14/h11,16H,5-10H2,1-4H3/t11?,13-,14?,15?/m1/s1. The van der Waals surface area contributed by atoms with Gasteiger partial charge in [-0.1, -0.05) is 26.7 Å². The molecular weight excluding hydrogens is 196 g/mol. The van der Waals surface area contributed by atoms with Crippen LogP contribution in [-0.4, -0.2) is 10.7 Å². The van der Waals surface area contributed by atoms with Gasteiger partial charge in [0.25, 0.3) is 0 Å². The van der Waals surface area contributed by atoms with Gasteiger partial charge in [0, 0.05) is 5.41 Å². The fraction of sp³-hybridized carbons (Fsp3) is 1.00. The zero-order valence-corrected chi connectivity index (χ0v) is 11.3. The molecule has 3 unspecified atom stereocenters. The third-order valence-corrected chi connectivity index (χ3v) is 6.87. The molecule has 4 atom stereocenters. The van der Waals surface area contributed by atoms with Crippen LogP contribution in [0.15, 0.2) is 0 Å². The summed E-state index contributed by atoms with van der Waals surface area (Å²) in [6, 6.07) is 0. The Labute approximate surface area is 99.6 Å². The maximum Gasteiger partial charge on any atom is 0.0653 e. The molecule has 0 heterocycles. The van der Waals surface area contributed by atoms with Gasteiger partial charge in [0.05, 0.1) is 5.60 Å². The quantitative estimate of drug-likeness (QED) is 0.716. The number of aliphatic hydroxyl groups is 1. The molecule has 3 fully saturated rings. The van der Waals surface area contributed by atoms with Gasteiger partial charge in [-0.15, -0.1) is 0 Å². The Balaban J connectivity index is 2.06. The molecule has 92 valence electrons. The lowest BCUT2D eigenvalue weighted by Crippen LogP contribution is -2.42. The summed E-state index contributed by atoms with van der Waals surface area (Å²) in [5.74, 6) is 0.820. The number of hydrogen-bond acceptors (Lipinski definition) is 1.